The quantitative estimate of drug-likeness (QED) is 0.430. The van der Waals surface area contributed by atoms with Gasteiger partial charge in [-0.3, -0.25) is 0 Å². The second-order valence-electron chi connectivity index (χ2n) is 4.46. The average molecular weight is 305 g/mol. The van der Waals surface area contributed by atoms with Crippen LogP contribution in [0.3, 0.4) is 0 Å². The normalized spacial score (nSPS) is 17.9. The van der Waals surface area contributed by atoms with E-state index in [1.165, 1.54) is 18.2 Å². The molecule has 18 heavy (non-hydrogen) atoms. The van der Waals surface area contributed by atoms with E-state index in [9.17, 15) is 15.5 Å². The highest BCUT2D eigenvalue weighted by atomic mass is 35.5. The molecule has 1 aromatic carbocycles. The van der Waals surface area contributed by atoms with Crippen molar-refractivity contribution in [2.45, 2.75) is 36.5 Å². The third kappa shape index (κ3) is 4.05. The molecule has 1 aromatic rings. The van der Waals surface area contributed by atoms with E-state index in [2.05, 4.69) is 0 Å². The smallest absolute Gasteiger partial charge is 0.122 e. The molecule has 0 nitrogen and oxygen atoms in total. The maximum atomic E-state index is 13.9. The summed E-state index contributed by atoms with van der Waals surface area (Å²) < 4.78 is 55.6. The van der Waals surface area contributed by atoms with Crippen molar-refractivity contribution in [3.63, 3.8) is 0 Å². The van der Waals surface area contributed by atoms with Crippen LogP contribution >= 0.6 is 21.4 Å². The summed E-state index contributed by atoms with van der Waals surface area (Å²) >= 11 is 5.64. The minimum absolute atomic E-state index is 0.173. The molecule has 0 bridgehead atoms. The molecule has 0 saturated carbocycles. The first-order valence-corrected chi connectivity index (χ1v) is 8.42. The molecule has 106 valence electrons. The zero-order chi connectivity index (χ0) is 13.9. The van der Waals surface area contributed by atoms with Gasteiger partial charge in [0.2, 0.25) is 0 Å². The maximum absolute atomic E-state index is 13.9. The Morgan fingerprint density at radius 3 is 2.17 bits per heavy atom. The Kier molecular flexibility index (Phi) is 4.00. The van der Waals surface area contributed by atoms with E-state index in [1.54, 1.807) is 0 Å². The molecule has 0 radical (unpaired) electrons. The molecule has 0 aromatic heterocycles. The van der Waals surface area contributed by atoms with Gasteiger partial charge in [-0.05, 0) is 18.6 Å². The third-order valence-electron chi connectivity index (χ3n) is 2.65. The molecule has 6 heteroatoms. The Morgan fingerprint density at radius 1 is 1.11 bits per heavy atom. The van der Waals surface area contributed by atoms with Gasteiger partial charge in [0.05, 0.1) is 10.6 Å². The van der Waals surface area contributed by atoms with E-state index >= 15 is 0 Å². The van der Waals surface area contributed by atoms with Gasteiger partial charge in [-0.2, -0.15) is 0 Å². The van der Waals surface area contributed by atoms with E-state index < -0.39 is 25.9 Å². The molecule has 1 atom stereocenters. The van der Waals surface area contributed by atoms with E-state index in [-0.39, 0.29) is 6.42 Å². The first-order valence-electron chi connectivity index (χ1n) is 5.76. The van der Waals surface area contributed by atoms with Crippen LogP contribution in [0.25, 0.3) is 0 Å². The van der Waals surface area contributed by atoms with Gasteiger partial charge in [-0.1, -0.05) is 38.0 Å². The van der Waals surface area contributed by atoms with Crippen LogP contribution in [-0.4, -0.2) is 11.1 Å². The summed E-state index contributed by atoms with van der Waals surface area (Å²) in [5.41, 5.74) is 0. The topological polar surface area (TPSA) is 0 Å². The van der Waals surface area contributed by atoms with Crippen LogP contribution in [0.5, 0.6) is 0 Å². The fourth-order valence-corrected chi connectivity index (χ4v) is 4.45. The average Bonchev–Trinajstić information content (AvgIpc) is 2.25. The lowest BCUT2D eigenvalue weighted by atomic mass is 10.2. The molecular weight excluding hydrogens is 288 g/mol. The zero-order valence-electron chi connectivity index (χ0n) is 10.1. The molecule has 0 N–H and O–H groups in total. The summed E-state index contributed by atoms with van der Waals surface area (Å²) in [6.45, 7) is 1.85. The Bertz CT molecular complexity index is 400. The summed E-state index contributed by atoms with van der Waals surface area (Å²) in [6.07, 6.45) is 1.48. The number of hydrogen-bond acceptors (Lipinski definition) is 0. The van der Waals surface area contributed by atoms with Gasteiger partial charge in [0.25, 0.3) is 0 Å². The number of halogens is 5. The molecule has 0 aliphatic rings. The molecule has 0 aliphatic heterocycles. The van der Waals surface area contributed by atoms with Gasteiger partial charge in [0.1, 0.15) is 0 Å². The first kappa shape index (κ1) is 15.6. The second kappa shape index (κ2) is 4.60. The lowest BCUT2D eigenvalue weighted by Crippen LogP contribution is -2.25. The highest BCUT2D eigenvalue weighted by Gasteiger charge is 2.64. The van der Waals surface area contributed by atoms with Crippen molar-refractivity contribution in [2.24, 2.45) is 0 Å². The third-order valence-corrected chi connectivity index (χ3v) is 5.60. The van der Waals surface area contributed by atoms with Crippen LogP contribution in [0.1, 0.15) is 26.2 Å². The monoisotopic (exact) mass is 304 g/mol. The highest BCUT2D eigenvalue weighted by molar-refractivity contribution is 8.49. The Hall–Kier alpha value is -0.420. The molecule has 0 fully saturated rings. The molecule has 0 spiro atoms. The largest absolute Gasteiger partial charge is 0.188 e. The molecule has 0 saturated heterocycles. The van der Waals surface area contributed by atoms with E-state index in [0.29, 0.717) is 6.42 Å². The minimum atomic E-state index is -8.24. The molecule has 0 heterocycles. The summed E-state index contributed by atoms with van der Waals surface area (Å²) in [6, 6.07) is 5.33. The standard InChI is InChI=1S/C12H17ClF4S/c1-2-3-7-11(13)10-18(14,15,16,17)12-8-5-4-6-9-12/h4-6,8-9,11H,2-3,7,10H2,1H3. The van der Waals surface area contributed by atoms with Crippen LogP contribution < -0.4 is 0 Å². The number of unbranched alkanes of at least 4 members (excludes halogenated alkanes) is 1. The zero-order valence-corrected chi connectivity index (χ0v) is 11.7. The first-order chi connectivity index (χ1) is 8.07. The number of alkyl halides is 1. The van der Waals surface area contributed by atoms with E-state index in [1.807, 2.05) is 6.92 Å². The van der Waals surface area contributed by atoms with Crippen LogP contribution in [0, 0.1) is 0 Å². The summed E-state index contributed by atoms with van der Waals surface area (Å²) in [5, 5.41) is -1.21. The maximum Gasteiger partial charge on any atom is 0.188 e. The Labute approximate surface area is 110 Å². The fraction of sp³-hybridized carbons (Fsp3) is 0.500. The van der Waals surface area contributed by atoms with Crippen molar-refractivity contribution in [1.82, 2.24) is 0 Å². The molecular formula is C12H17ClF4S. The number of hydrogen-bond donors (Lipinski definition) is 0. The highest BCUT2D eigenvalue weighted by Crippen LogP contribution is 3.00. The fourth-order valence-electron chi connectivity index (χ4n) is 1.69. The summed E-state index contributed by atoms with van der Waals surface area (Å²) in [7, 11) is -8.24. The van der Waals surface area contributed by atoms with Crippen molar-refractivity contribution < 1.29 is 15.5 Å². The molecule has 0 aliphatic carbocycles. The lowest BCUT2D eigenvalue weighted by Gasteiger charge is -2.50. The predicted molar refractivity (Wildman–Crippen MR) is 70.8 cm³/mol. The van der Waals surface area contributed by atoms with Gasteiger partial charge in [-0.25, -0.2) is 0 Å². The summed E-state index contributed by atoms with van der Waals surface area (Å²) in [4.78, 5) is -1.19. The van der Waals surface area contributed by atoms with Crippen molar-refractivity contribution in [1.29, 1.82) is 0 Å². The van der Waals surface area contributed by atoms with Gasteiger partial charge in [0.15, 0.2) is 9.84 Å². The lowest BCUT2D eigenvalue weighted by molar-refractivity contribution is 0.439. The summed E-state index contributed by atoms with van der Waals surface area (Å²) in [5.74, 6) is -1.56. The second-order valence-corrected chi connectivity index (χ2v) is 8.36. The SMILES string of the molecule is CCCCC(Cl)CS(F)(F)(F)(F)c1ccccc1. The van der Waals surface area contributed by atoms with Crippen LogP contribution in [-0.2, 0) is 0 Å². The number of rotatable bonds is 6. The predicted octanol–water partition coefficient (Wildman–Crippen LogP) is 6.26. The van der Waals surface area contributed by atoms with Gasteiger partial charge in [0, 0.05) is 5.38 Å². The van der Waals surface area contributed by atoms with E-state index in [4.69, 9.17) is 11.6 Å². The number of benzene rings is 1. The van der Waals surface area contributed by atoms with Gasteiger partial charge in [-0.15, -0.1) is 27.1 Å². The molecule has 1 unspecified atom stereocenters. The minimum Gasteiger partial charge on any atom is -0.122 e. The van der Waals surface area contributed by atoms with Gasteiger partial charge < -0.3 is 0 Å². The van der Waals surface area contributed by atoms with Crippen LogP contribution in [0.4, 0.5) is 15.5 Å². The van der Waals surface area contributed by atoms with Crippen molar-refractivity contribution in [3.8, 4) is 0 Å². The van der Waals surface area contributed by atoms with Crippen molar-refractivity contribution in [3.05, 3.63) is 30.3 Å². The Balaban J connectivity index is 2.99. The van der Waals surface area contributed by atoms with Crippen LogP contribution in [0.2, 0.25) is 0 Å². The van der Waals surface area contributed by atoms with Crippen LogP contribution in [0.15, 0.2) is 35.2 Å². The molecule has 0 amide bonds. The van der Waals surface area contributed by atoms with Crippen molar-refractivity contribution in [2.75, 3.05) is 5.75 Å². The van der Waals surface area contributed by atoms with E-state index in [0.717, 1.165) is 18.6 Å². The molecule has 1 rings (SSSR count). The van der Waals surface area contributed by atoms with Crippen molar-refractivity contribution >= 4 is 21.4 Å². The van der Waals surface area contributed by atoms with Gasteiger partial charge >= 0.3 is 0 Å². The Morgan fingerprint density at radius 2 is 1.67 bits per heavy atom.